The second-order valence-electron chi connectivity index (χ2n) is 5.19. The second kappa shape index (κ2) is 6.63. The number of nitrogens with zero attached hydrogens (tertiary/aromatic N) is 1. The number of nitrogens with one attached hydrogen (secondary N) is 1. The van der Waals surface area contributed by atoms with Crippen LogP contribution in [-0.2, 0) is 9.59 Å². The largest absolute Gasteiger partial charge is 0.354 e. The average molecular weight is 312 g/mol. The highest BCUT2D eigenvalue weighted by molar-refractivity contribution is 8.01. The molecule has 2 amide bonds. The Hall–Kier alpha value is -1.01. The highest BCUT2D eigenvalue weighted by atomic mass is 32.2. The zero-order valence-electron chi connectivity index (χ0n) is 12.0. The van der Waals surface area contributed by atoms with Crippen LogP contribution in [0.15, 0.2) is 16.8 Å². The summed E-state index contributed by atoms with van der Waals surface area (Å²) in [4.78, 5) is 25.8. The maximum Gasteiger partial charge on any atom is 0.236 e. The number of thioether (sulfide) groups is 1. The maximum absolute atomic E-state index is 12.2. The van der Waals surface area contributed by atoms with Gasteiger partial charge in [0.1, 0.15) is 5.37 Å². The molecule has 2 heterocycles. The molecule has 0 unspecified atom stereocenters. The Morgan fingerprint density at radius 3 is 2.85 bits per heavy atom. The fourth-order valence-electron chi connectivity index (χ4n) is 2.19. The molecule has 1 aliphatic heterocycles. The summed E-state index contributed by atoms with van der Waals surface area (Å²) in [7, 11) is 0. The molecule has 1 N–H and O–H groups in total. The molecule has 1 aromatic rings. The minimum atomic E-state index is -0.0342. The molecule has 0 bridgehead atoms. The molecule has 1 aromatic heterocycles. The van der Waals surface area contributed by atoms with E-state index >= 15 is 0 Å². The van der Waals surface area contributed by atoms with Crippen molar-refractivity contribution < 1.29 is 9.59 Å². The van der Waals surface area contributed by atoms with Gasteiger partial charge in [0.05, 0.1) is 5.25 Å². The Balaban J connectivity index is 2.00. The predicted molar refractivity (Wildman–Crippen MR) is 83.7 cm³/mol. The van der Waals surface area contributed by atoms with Gasteiger partial charge in [0.25, 0.3) is 0 Å². The van der Waals surface area contributed by atoms with Crippen LogP contribution in [0.5, 0.6) is 0 Å². The zero-order valence-corrected chi connectivity index (χ0v) is 13.6. The van der Waals surface area contributed by atoms with Crippen molar-refractivity contribution in [3.05, 3.63) is 22.4 Å². The normalized spacial score (nSPS) is 22.6. The van der Waals surface area contributed by atoms with E-state index in [1.54, 1.807) is 23.1 Å². The fourth-order valence-corrected chi connectivity index (χ4v) is 4.26. The molecular formula is C14H20N2O2S2. The summed E-state index contributed by atoms with van der Waals surface area (Å²) < 4.78 is 0. The van der Waals surface area contributed by atoms with Crippen molar-refractivity contribution in [2.24, 2.45) is 0 Å². The van der Waals surface area contributed by atoms with E-state index in [1.807, 2.05) is 31.1 Å². The van der Waals surface area contributed by atoms with E-state index < -0.39 is 0 Å². The van der Waals surface area contributed by atoms with E-state index in [2.05, 4.69) is 16.8 Å². The number of amides is 2. The van der Waals surface area contributed by atoms with Gasteiger partial charge in [0.2, 0.25) is 11.8 Å². The molecule has 1 fully saturated rings. The van der Waals surface area contributed by atoms with E-state index in [0.29, 0.717) is 13.0 Å². The molecular weight excluding hydrogens is 292 g/mol. The summed E-state index contributed by atoms with van der Waals surface area (Å²) in [5, 5.41) is 6.97. The van der Waals surface area contributed by atoms with E-state index in [1.165, 1.54) is 0 Å². The van der Waals surface area contributed by atoms with Crippen LogP contribution in [0, 0.1) is 0 Å². The third-order valence-corrected chi connectivity index (χ3v) is 5.20. The predicted octanol–water partition coefficient (Wildman–Crippen LogP) is 2.63. The molecule has 2 atom stereocenters. The minimum absolute atomic E-state index is 0.00132. The van der Waals surface area contributed by atoms with Crippen molar-refractivity contribution in [2.45, 2.75) is 43.9 Å². The maximum atomic E-state index is 12.2. The number of hydrogen-bond donors (Lipinski definition) is 1. The molecule has 0 radical (unpaired) electrons. The quantitative estimate of drug-likeness (QED) is 0.909. The Morgan fingerprint density at radius 2 is 2.25 bits per heavy atom. The van der Waals surface area contributed by atoms with Crippen LogP contribution in [0.2, 0.25) is 0 Å². The summed E-state index contributed by atoms with van der Waals surface area (Å²) in [5.74, 6) is 0.130. The second-order valence-corrected chi connectivity index (χ2v) is 7.40. The summed E-state index contributed by atoms with van der Waals surface area (Å²) in [6, 6.07) is 2.19. The molecule has 2 rings (SSSR count). The molecule has 0 saturated carbocycles. The monoisotopic (exact) mass is 312 g/mol. The number of rotatable bonds is 5. The van der Waals surface area contributed by atoms with Gasteiger partial charge in [0.15, 0.2) is 0 Å². The minimum Gasteiger partial charge on any atom is -0.354 e. The van der Waals surface area contributed by atoms with E-state index in [0.717, 1.165) is 5.56 Å². The molecule has 0 aliphatic carbocycles. The molecule has 6 heteroatoms. The van der Waals surface area contributed by atoms with Gasteiger partial charge in [-0.15, -0.1) is 11.8 Å². The summed E-state index contributed by atoms with van der Waals surface area (Å²) in [6.07, 6.45) is 0.359. The fraction of sp³-hybridized carbons (Fsp3) is 0.571. The lowest BCUT2D eigenvalue weighted by atomic mass is 10.2. The van der Waals surface area contributed by atoms with Gasteiger partial charge in [-0.05, 0) is 43.2 Å². The van der Waals surface area contributed by atoms with Gasteiger partial charge >= 0.3 is 0 Å². The first-order valence-electron chi connectivity index (χ1n) is 6.76. The summed E-state index contributed by atoms with van der Waals surface area (Å²) >= 11 is 3.29. The lowest BCUT2D eigenvalue weighted by Gasteiger charge is -2.23. The highest BCUT2D eigenvalue weighted by Gasteiger charge is 2.38. The van der Waals surface area contributed by atoms with Crippen LogP contribution in [0.25, 0.3) is 0 Å². The van der Waals surface area contributed by atoms with Gasteiger partial charge in [0, 0.05) is 19.0 Å². The molecule has 0 spiro atoms. The lowest BCUT2D eigenvalue weighted by Crippen LogP contribution is -2.36. The van der Waals surface area contributed by atoms with Gasteiger partial charge in [-0.3, -0.25) is 9.59 Å². The first-order chi connectivity index (χ1) is 9.49. The van der Waals surface area contributed by atoms with Gasteiger partial charge < -0.3 is 10.2 Å². The Labute approximate surface area is 127 Å². The van der Waals surface area contributed by atoms with Crippen LogP contribution in [0.1, 0.15) is 38.1 Å². The van der Waals surface area contributed by atoms with Gasteiger partial charge in [-0.1, -0.05) is 0 Å². The highest BCUT2D eigenvalue weighted by Crippen LogP contribution is 2.43. The lowest BCUT2D eigenvalue weighted by molar-refractivity contribution is -0.130. The Morgan fingerprint density at radius 1 is 1.50 bits per heavy atom. The van der Waals surface area contributed by atoms with Crippen molar-refractivity contribution in [3.63, 3.8) is 0 Å². The van der Waals surface area contributed by atoms with E-state index in [-0.39, 0.29) is 28.5 Å². The van der Waals surface area contributed by atoms with E-state index in [9.17, 15) is 9.59 Å². The van der Waals surface area contributed by atoms with Crippen LogP contribution in [0.4, 0.5) is 0 Å². The van der Waals surface area contributed by atoms with Crippen molar-refractivity contribution in [2.75, 3.05) is 6.54 Å². The number of carbonyl (C=O) groups excluding carboxylic acids is 2. The number of hydrogen-bond acceptors (Lipinski definition) is 4. The number of thiophene rings is 1. The summed E-state index contributed by atoms with van der Waals surface area (Å²) in [5.41, 5.74) is 1.15. The van der Waals surface area contributed by atoms with Crippen LogP contribution >= 0.6 is 23.1 Å². The van der Waals surface area contributed by atoms with Crippen molar-refractivity contribution in [3.8, 4) is 0 Å². The van der Waals surface area contributed by atoms with Crippen molar-refractivity contribution in [1.82, 2.24) is 10.2 Å². The Kier molecular flexibility index (Phi) is 5.10. The average Bonchev–Trinajstić information content (AvgIpc) is 2.97. The van der Waals surface area contributed by atoms with Crippen LogP contribution < -0.4 is 5.32 Å². The molecule has 110 valence electrons. The van der Waals surface area contributed by atoms with Crippen molar-refractivity contribution >= 4 is 34.9 Å². The molecule has 20 heavy (non-hydrogen) atoms. The van der Waals surface area contributed by atoms with E-state index in [4.69, 9.17) is 0 Å². The molecule has 1 saturated heterocycles. The third kappa shape index (κ3) is 3.55. The van der Waals surface area contributed by atoms with Gasteiger partial charge in [-0.2, -0.15) is 11.3 Å². The first-order valence-corrected chi connectivity index (χ1v) is 8.65. The summed E-state index contributed by atoms with van der Waals surface area (Å²) in [6.45, 7) is 6.28. The third-order valence-electron chi connectivity index (χ3n) is 3.10. The number of carbonyl (C=O) groups is 2. The van der Waals surface area contributed by atoms with Crippen LogP contribution in [0.3, 0.4) is 0 Å². The van der Waals surface area contributed by atoms with Crippen molar-refractivity contribution in [1.29, 1.82) is 0 Å². The smallest absolute Gasteiger partial charge is 0.236 e. The first kappa shape index (κ1) is 15.4. The SMILES string of the molecule is CC(C)NC(=O)CCN1C(=O)[C@@H](C)S[C@H]1c1ccsc1. The molecule has 0 aromatic carbocycles. The molecule has 4 nitrogen and oxygen atoms in total. The van der Waals surface area contributed by atoms with Gasteiger partial charge in [-0.25, -0.2) is 0 Å². The van der Waals surface area contributed by atoms with Crippen LogP contribution in [-0.4, -0.2) is 34.6 Å². The topological polar surface area (TPSA) is 49.4 Å². The standard InChI is InChI=1S/C14H20N2O2S2/c1-9(2)15-12(17)4-6-16-13(18)10(3)20-14(16)11-5-7-19-8-11/h5,7-10,14H,4,6H2,1-3H3,(H,15,17)/t10-,14+/m1/s1. The Bertz CT molecular complexity index is 474. The zero-order chi connectivity index (χ0) is 14.7. The molecule has 1 aliphatic rings.